The fourth-order valence-electron chi connectivity index (χ4n) is 2.01. The quantitative estimate of drug-likeness (QED) is 0.833. The Labute approximate surface area is 106 Å². The van der Waals surface area contributed by atoms with Crippen LogP contribution in [-0.2, 0) is 0 Å². The largest absolute Gasteiger partial charge is 0.508 e. The van der Waals surface area contributed by atoms with Gasteiger partial charge in [0.25, 0.3) is 5.91 Å². The number of carbonyl (C=O) groups is 1. The summed E-state index contributed by atoms with van der Waals surface area (Å²) in [6, 6.07) is 6.55. The number of phenols is 1. The fraction of sp³-hybridized carbons (Fsp3) is 0.462. The van der Waals surface area contributed by atoms with E-state index in [1.807, 2.05) is 16.7 Å². The molecule has 1 aliphatic rings. The second-order valence-electron chi connectivity index (χ2n) is 4.89. The summed E-state index contributed by atoms with van der Waals surface area (Å²) in [5.74, 6) is 1.12. The third-order valence-electron chi connectivity index (χ3n) is 2.81. The Bertz CT molecular complexity index is 431. The molecule has 1 saturated heterocycles. The minimum Gasteiger partial charge on any atom is -0.508 e. The third kappa shape index (κ3) is 2.94. The minimum absolute atomic E-state index is 0.00859. The van der Waals surface area contributed by atoms with Gasteiger partial charge in [-0.3, -0.25) is 4.79 Å². The van der Waals surface area contributed by atoms with Crippen LogP contribution in [0.3, 0.4) is 0 Å². The molecule has 1 fully saturated rings. The van der Waals surface area contributed by atoms with Crippen LogP contribution in [0, 0.1) is 0 Å². The summed E-state index contributed by atoms with van der Waals surface area (Å²) in [7, 11) is 0. The summed E-state index contributed by atoms with van der Waals surface area (Å²) in [4.78, 5) is 14.1. The zero-order valence-corrected chi connectivity index (χ0v) is 11.0. The molecule has 0 unspecified atom stereocenters. The van der Waals surface area contributed by atoms with E-state index in [0.717, 1.165) is 18.8 Å². The Morgan fingerprint density at radius 1 is 1.47 bits per heavy atom. The molecule has 0 spiro atoms. The zero-order valence-electron chi connectivity index (χ0n) is 10.1. The molecule has 1 aromatic rings. The number of benzene rings is 1. The number of hydrogen-bond acceptors (Lipinski definition) is 3. The first kappa shape index (κ1) is 12.3. The van der Waals surface area contributed by atoms with E-state index in [1.54, 1.807) is 18.2 Å². The van der Waals surface area contributed by atoms with Crippen LogP contribution in [0.5, 0.6) is 5.75 Å². The number of aromatic hydroxyl groups is 1. The Morgan fingerprint density at radius 2 is 2.24 bits per heavy atom. The van der Waals surface area contributed by atoms with Crippen LogP contribution in [0.25, 0.3) is 0 Å². The van der Waals surface area contributed by atoms with Gasteiger partial charge < -0.3 is 10.0 Å². The van der Waals surface area contributed by atoms with Crippen molar-refractivity contribution >= 4 is 17.7 Å². The van der Waals surface area contributed by atoms with Crippen molar-refractivity contribution in [3.05, 3.63) is 29.8 Å². The van der Waals surface area contributed by atoms with Gasteiger partial charge in [0.1, 0.15) is 5.75 Å². The van der Waals surface area contributed by atoms with E-state index in [4.69, 9.17) is 0 Å². The van der Waals surface area contributed by atoms with E-state index in [9.17, 15) is 9.90 Å². The third-order valence-corrected chi connectivity index (χ3v) is 4.10. The monoisotopic (exact) mass is 251 g/mol. The first-order valence-corrected chi connectivity index (χ1v) is 6.69. The van der Waals surface area contributed by atoms with Gasteiger partial charge in [0.05, 0.1) is 0 Å². The van der Waals surface area contributed by atoms with Crippen LogP contribution in [-0.4, -0.2) is 39.5 Å². The molecular formula is C13H17NO2S. The lowest BCUT2D eigenvalue weighted by molar-refractivity contribution is 0.0747. The van der Waals surface area contributed by atoms with Crippen molar-refractivity contribution in [1.82, 2.24) is 4.90 Å². The molecule has 1 N–H and O–H groups in total. The molecule has 92 valence electrons. The van der Waals surface area contributed by atoms with Gasteiger partial charge in [-0.15, -0.1) is 0 Å². The predicted octanol–water partition coefficient (Wildman–Crippen LogP) is 2.36. The molecule has 3 nitrogen and oxygen atoms in total. The predicted molar refractivity (Wildman–Crippen MR) is 70.5 cm³/mol. The maximum atomic E-state index is 12.2. The van der Waals surface area contributed by atoms with Crippen molar-refractivity contribution in [2.75, 3.05) is 18.8 Å². The van der Waals surface area contributed by atoms with Crippen molar-refractivity contribution in [1.29, 1.82) is 0 Å². The van der Waals surface area contributed by atoms with E-state index in [2.05, 4.69) is 13.8 Å². The lowest BCUT2D eigenvalue weighted by Crippen LogP contribution is -2.46. The molecule has 0 radical (unpaired) electrons. The summed E-state index contributed by atoms with van der Waals surface area (Å²) < 4.78 is 0.116. The van der Waals surface area contributed by atoms with Crippen LogP contribution in [0.15, 0.2) is 24.3 Å². The Morgan fingerprint density at radius 3 is 2.88 bits per heavy atom. The van der Waals surface area contributed by atoms with Gasteiger partial charge in [0.2, 0.25) is 0 Å². The topological polar surface area (TPSA) is 40.5 Å². The second-order valence-corrected chi connectivity index (χ2v) is 6.69. The molecular weight excluding hydrogens is 234 g/mol. The van der Waals surface area contributed by atoms with E-state index in [0.29, 0.717) is 5.56 Å². The number of phenolic OH excluding ortho intramolecular Hbond substituents is 1. The molecule has 17 heavy (non-hydrogen) atoms. The van der Waals surface area contributed by atoms with Crippen molar-refractivity contribution < 1.29 is 9.90 Å². The summed E-state index contributed by atoms with van der Waals surface area (Å²) in [5, 5.41) is 9.39. The van der Waals surface area contributed by atoms with Gasteiger partial charge in [-0.25, -0.2) is 0 Å². The molecule has 2 rings (SSSR count). The molecule has 1 amide bonds. The number of nitrogens with zero attached hydrogens (tertiary/aromatic N) is 1. The number of thioether (sulfide) groups is 1. The van der Waals surface area contributed by atoms with E-state index >= 15 is 0 Å². The van der Waals surface area contributed by atoms with Crippen molar-refractivity contribution in [2.45, 2.75) is 18.6 Å². The normalized spacial score (nSPS) is 19.1. The Kier molecular flexibility index (Phi) is 3.33. The smallest absolute Gasteiger partial charge is 0.254 e. The second kappa shape index (κ2) is 4.61. The maximum Gasteiger partial charge on any atom is 0.254 e. The summed E-state index contributed by atoms with van der Waals surface area (Å²) in [6.45, 7) is 5.84. The number of hydrogen-bond donors (Lipinski definition) is 1. The zero-order chi connectivity index (χ0) is 12.5. The van der Waals surface area contributed by atoms with Gasteiger partial charge >= 0.3 is 0 Å². The highest BCUT2D eigenvalue weighted by Gasteiger charge is 2.30. The lowest BCUT2D eigenvalue weighted by atomic mass is 10.1. The first-order valence-electron chi connectivity index (χ1n) is 5.70. The minimum atomic E-state index is 0.00859. The van der Waals surface area contributed by atoms with Crippen LogP contribution < -0.4 is 0 Å². The van der Waals surface area contributed by atoms with Crippen LogP contribution >= 0.6 is 11.8 Å². The van der Waals surface area contributed by atoms with Crippen LogP contribution in [0.1, 0.15) is 24.2 Å². The van der Waals surface area contributed by atoms with Gasteiger partial charge in [-0.05, 0) is 32.0 Å². The molecule has 4 heteroatoms. The SMILES string of the molecule is CC1(C)CN(C(=O)c2cccc(O)c2)CCS1. The standard InChI is InChI=1S/C13H17NO2S/c1-13(2)9-14(6-7-17-13)12(16)10-4-3-5-11(15)8-10/h3-5,8,15H,6-7,9H2,1-2H3. The number of carbonyl (C=O) groups excluding carboxylic acids is 1. The summed E-state index contributed by atoms with van der Waals surface area (Å²) in [5.41, 5.74) is 0.563. The summed E-state index contributed by atoms with van der Waals surface area (Å²) >= 11 is 1.90. The van der Waals surface area contributed by atoms with Crippen molar-refractivity contribution in [3.63, 3.8) is 0 Å². The van der Waals surface area contributed by atoms with Gasteiger partial charge in [0.15, 0.2) is 0 Å². The molecule has 0 saturated carbocycles. The van der Waals surface area contributed by atoms with E-state index < -0.39 is 0 Å². The van der Waals surface area contributed by atoms with Crippen molar-refractivity contribution in [2.24, 2.45) is 0 Å². The van der Waals surface area contributed by atoms with Gasteiger partial charge in [-0.1, -0.05) is 6.07 Å². The first-order chi connectivity index (χ1) is 7.98. The number of amides is 1. The molecule has 0 bridgehead atoms. The molecule has 0 atom stereocenters. The van der Waals surface area contributed by atoms with Gasteiger partial charge in [-0.2, -0.15) is 11.8 Å². The fourth-order valence-corrected chi connectivity index (χ4v) is 3.12. The average Bonchev–Trinajstić information content (AvgIpc) is 2.26. The van der Waals surface area contributed by atoms with Crippen molar-refractivity contribution in [3.8, 4) is 5.75 Å². The van der Waals surface area contributed by atoms with E-state index in [-0.39, 0.29) is 16.4 Å². The van der Waals surface area contributed by atoms with E-state index in [1.165, 1.54) is 6.07 Å². The summed E-state index contributed by atoms with van der Waals surface area (Å²) in [6.07, 6.45) is 0. The average molecular weight is 251 g/mol. The Balaban J connectivity index is 2.15. The number of rotatable bonds is 1. The molecule has 1 aromatic carbocycles. The highest BCUT2D eigenvalue weighted by atomic mass is 32.2. The lowest BCUT2D eigenvalue weighted by Gasteiger charge is -2.37. The Hall–Kier alpha value is -1.16. The highest BCUT2D eigenvalue weighted by Crippen LogP contribution is 2.30. The molecule has 1 heterocycles. The maximum absolute atomic E-state index is 12.2. The highest BCUT2D eigenvalue weighted by molar-refractivity contribution is 8.00. The van der Waals surface area contributed by atoms with Crippen LogP contribution in [0.2, 0.25) is 0 Å². The molecule has 0 aliphatic carbocycles. The van der Waals surface area contributed by atoms with Crippen LogP contribution in [0.4, 0.5) is 0 Å². The molecule has 0 aromatic heterocycles. The molecule has 1 aliphatic heterocycles. The van der Waals surface area contributed by atoms with Gasteiger partial charge in [0, 0.05) is 29.2 Å².